The maximum atomic E-state index is 12.9. The number of aromatic nitrogens is 1. The molecule has 4 rings (SSSR count). The van der Waals surface area contributed by atoms with E-state index in [9.17, 15) is 18.0 Å². The zero-order chi connectivity index (χ0) is 25.9. The van der Waals surface area contributed by atoms with Crippen LogP contribution in [0.25, 0.3) is 11.1 Å². The minimum atomic E-state index is -3.92. The van der Waals surface area contributed by atoms with Crippen LogP contribution < -0.4 is 21.5 Å². The molecular weight excluding hydrogens is 546 g/mol. The number of nitrogens with zero attached hydrogens (tertiary/aromatic N) is 1. The molecule has 0 unspecified atom stereocenters. The zero-order valence-electron chi connectivity index (χ0n) is 18.6. The molecule has 4 aromatic rings. The van der Waals surface area contributed by atoms with Crippen molar-refractivity contribution in [1.29, 1.82) is 0 Å². The van der Waals surface area contributed by atoms with Gasteiger partial charge in [0, 0.05) is 27.5 Å². The number of benzene rings is 3. The van der Waals surface area contributed by atoms with Crippen LogP contribution in [0.2, 0.25) is 0 Å². The number of amides is 2. The van der Waals surface area contributed by atoms with Crippen molar-refractivity contribution in [3.8, 4) is 11.1 Å². The maximum Gasteiger partial charge on any atom is 0.255 e. The predicted octanol–water partition coefficient (Wildman–Crippen LogP) is 4.25. The van der Waals surface area contributed by atoms with E-state index >= 15 is 0 Å². The van der Waals surface area contributed by atoms with Crippen LogP contribution in [0.15, 0.2) is 94.4 Å². The molecule has 0 aliphatic rings. The number of primary sulfonamides is 1. The molecule has 36 heavy (non-hydrogen) atoms. The Morgan fingerprint density at radius 1 is 0.917 bits per heavy atom. The molecule has 1 heterocycles. The standard InChI is InChI=1S/C25H20BrN5O4S/c26-17-9-12-23(29-14-17)30-18-10-11-21(20(13-18)24(27)32)31-25(33)16-7-5-15(6-8-16)19-3-1-2-4-22(19)36(28,34)35/h1-14H,(H2,27,32)(H,29,30)(H,31,33)(H2,28,34,35). The molecule has 9 nitrogen and oxygen atoms in total. The van der Waals surface area contributed by atoms with Crippen molar-refractivity contribution in [2.45, 2.75) is 4.90 Å². The quantitative estimate of drug-likeness (QED) is 0.262. The molecule has 11 heteroatoms. The summed E-state index contributed by atoms with van der Waals surface area (Å²) in [5.41, 5.74) is 7.76. The third-order valence-corrected chi connectivity index (χ3v) is 6.62. The van der Waals surface area contributed by atoms with Crippen molar-refractivity contribution < 1.29 is 18.0 Å². The number of anilines is 3. The zero-order valence-corrected chi connectivity index (χ0v) is 21.0. The molecule has 2 amide bonds. The van der Waals surface area contributed by atoms with Gasteiger partial charge in [0.15, 0.2) is 0 Å². The number of nitrogens with one attached hydrogen (secondary N) is 2. The molecule has 0 saturated carbocycles. The van der Waals surface area contributed by atoms with Crippen molar-refractivity contribution in [2.24, 2.45) is 10.9 Å². The molecule has 0 aliphatic carbocycles. The van der Waals surface area contributed by atoms with E-state index in [-0.39, 0.29) is 16.1 Å². The highest BCUT2D eigenvalue weighted by atomic mass is 79.9. The van der Waals surface area contributed by atoms with Gasteiger partial charge < -0.3 is 16.4 Å². The van der Waals surface area contributed by atoms with Crippen LogP contribution in [0.4, 0.5) is 17.2 Å². The van der Waals surface area contributed by atoms with Crippen molar-refractivity contribution in [1.82, 2.24) is 4.98 Å². The summed E-state index contributed by atoms with van der Waals surface area (Å²) < 4.78 is 24.6. The number of hydrogen-bond donors (Lipinski definition) is 4. The highest BCUT2D eigenvalue weighted by molar-refractivity contribution is 9.10. The van der Waals surface area contributed by atoms with Gasteiger partial charge in [0.25, 0.3) is 11.8 Å². The van der Waals surface area contributed by atoms with Gasteiger partial charge in [-0.25, -0.2) is 18.5 Å². The van der Waals surface area contributed by atoms with Gasteiger partial charge in [0.2, 0.25) is 10.0 Å². The van der Waals surface area contributed by atoms with Crippen LogP contribution in [0.3, 0.4) is 0 Å². The lowest BCUT2D eigenvalue weighted by molar-refractivity contribution is 0.100. The second-order valence-electron chi connectivity index (χ2n) is 7.68. The van der Waals surface area contributed by atoms with E-state index in [2.05, 4.69) is 31.5 Å². The second-order valence-corrected chi connectivity index (χ2v) is 10.1. The molecule has 182 valence electrons. The van der Waals surface area contributed by atoms with Crippen molar-refractivity contribution >= 4 is 55.0 Å². The molecule has 0 atom stereocenters. The first-order valence-corrected chi connectivity index (χ1v) is 12.8. The average Bonchev–Trinajstić information content (AvgIpc) is 2.86. The summed E-state index contributed by atoms with van der Waals surface area (Å²) in [5.74, 6) is -0.624. The minimum Gasteiger partial charge on any atom is -0.366 e. The van der Waals surface area contributed by atoms with Gasteiger partial charge in [-0.3, -0.25) is 9.59 Å². The number of sulfonamides is 1. The SMILES string of the molecule is NC(=O)c1cc(Nc2ccc(Br)cn2)ccc1NC(=O)c1ccc(-c2ccccc2S(N)(=O)=O)cc1. The molecule has 6 N–H and O–H groups in total. The number of primary amides is 1. The van der Waals surface area contributed by atoms with Crippen LogP contribution in [0, 0.1) is 0 Å². The number of hydrogen-bond acceptors (Lipinski definition) is 6. The molecule has 0 bridgehead atoms. The molecule has 0 spiro atoms. The fourth-order valence-corrected chi connectivity index (χ4v) is 4.48. The molecule has 0 fully saturated rings. The van der Waals surface area contributed by atoms with E-state index < -0.39 is 21.8 Å². The molecule has 3 aromatic carbocycles. The number of rotatable bonds is 7. The Labute approximate surface area is 215 Å². The molecule has 0 radical (unpaired) electrons. The van der Waals surface area contributed by atoms with Gasteiger partial charge in [-0.05, 0) is 70.0 Å². The van der Waals surface area contributed by atoms with E-state index in [1.54, 1.807) is 66.9 Å². The van der Waals surface area contributed by atoms with Crippen molar-refractivity contribution in [3.05, 3.63) is 101 Å². The van der Waals surface area contributed by atoms with Gasteiger partial charge in [-0.15, -0.1) is 0 Å². The van der Waals surface area contributed by atoms with Crippen LogP contribution >= 0.6 is 15.9 Å². The number of carbonyl (C=O) groups is 2. The van der Waals surface area contributed by atoms with Crippen LogP contribution in [0.5, 0.6) is 0 Å². The molecule has 0 saturated heterocycles. The lowest BCUT2D eigenvalue weighted by atomic mass is 10.0. The fourth-order valence-electron chi connectivity index (χ4n) is 3.48. The Morgan fingerprint density at radius 3 is 2.28 bits per heavy atom. The van der Waals surface area contributed by atoms with Gasteiger partial charge in [0.05, 0.1) is 16.1 Å². The Morgan fingerprint density at radius 2 is 1.64 bits per heavy atom. The Kier molecular flexibility index (Phi) is 7.15. The first-order valence-electron chi connectivity index (χ1n) is 10.5. The predicted molar refractivity (Wildman–Crippen MR) is 141 cm³/mol. The highest BCUT2D eigenvalue weighted by Gasteiger charge is 2.16. The molecule has 0 aliphatic heterocycles. The maximum absolute atomic E-state index is 12.9. The highest BCUT2D eigenvalue weighted by Crippen LogP contribution is 2.28. The summed E-state index contributed by atoms with van der Waals surface area (Å²) in [6, 6.07) is 21.0. The lowest BCUT2D eigenvalue weighted by Crippen LogP contribution is -2.18. The average molecular weight is 566 g/mol. The van der Waals surface area contributed by atoms with Gasteiger partial charge in [0.1, 0.15) is 5.82 Å². The summed E-state index contributed by atoms with van der Waals surface area (Å²) in [5, 5.41) is 11.1. The fraction of sp³-hybridized carbons (Fsp3) is 0. The van der Waals surface area contributed by atoms with Gasteiger partial charge in [-0.1, -0.05) is 30.3 Å². The Bertz CT molecular complexity index is 1560. The largest absolute Gasteiger partial charge is 0.366 e. The topological polar surface area (TPSA) is 157 Å². The number of pyridine rings is 1. The van der Waals surface area contributed by atoms with Gasteiger partial charge >= 0.3 is 0 Å². The van der Waals surface area contributed by atoms with Gasteiger partial charge in [-0.2, -0.15) is 0 Å². The van der Waals surface area contributed by atoms with E-state index in [0.29, 0.717) is 28.2 Å². The number of carbonyl (C=O) groups excluding carboxylic acids is 2. The van der Waals surface area contributed by atoms with Crippen molar-refractivity contribution in [3.63, 3.8) is 0 Å². The summed E-state index contributed by atoms with van der Waals surface area (Å²) >= 11 is 3.32. The summed E-state index contributed by atoms with van der Waals surface area (Å²) in [6.45, 7) is 0. The van der Waals surface area contributed by atoms with E-state index in [1.807, 2.05) is 6.07 Å². The summed E-state index contributed by atoms with van der Waals surface area (Å²) in [6.07, 6.45) is 1.63. The van der Waals surface area contributed by atoms with Crippen LogP contribution in [-0.2, 0) is 10.0 Å². The first-order chi connectivity index (χ1) is 17.1. The van der Waals surface area contributed by atoms with Crippen molar-refractivity contribution in [2.75, 3.05) is 10.6 Å². The molecule has 1 aromatic heterocycles. The Hall–Kier alpha value is -4.06. The number of nitrogens with two attached hydrogens (primary N) is 2. The van der Waals surface area contributed by atoms with Crippen LogP contribution in [0.1, 0.15) is 20.7 Å². The molecular formula is C25H20BrN5O4S. The smallest absolute Gasteiger partial charge is 0.255 e. The third kappa shape index (κ3) is 5.77. The minimum absolute atomic E-state index is 0.0136. The third-order valence-electron chi connectivity index (χ3n) is 5.18. The van der Waals surface area contributed by atoms with E-state index in [0.717, 1.165) is 4.47 Å². The Balaban J connectivity index is 1.55. The normalized spacial score (nSPS) is 11.1. The van der Waals surface area contributed by atoms with E-state index in [1.165, 1.54) is 12.1 Å². The summed E-state index contributed by atoms with van der Waals surface area (Å²) in [4.78, 5) is 29.1. The number of halogens is 1. The first kappa shape index (κ1) is 25.0. The summed E-state index contributed by atoms with van der Waals surface area (Å²) in [7, 11) is -3.92. The lowest BCUT2D eigenvalue weighted by Gasteiger charge is -2.13. The van der Waals surface area contributed by atoms with E-state index in [4.69, 9.17) is 10.9 Å². The second kappa shape index (κ2) is 10.3. The monoisotopic (exact) mass is 565 g/mol. The van der Waals surface area contributed by atoms with Crippen LogP contribution in [-0.4, -0.2) is 25.2 Å².